The summed E-state index contributed by atoms with van der Waals surface area (Å²) in [4.78, 5) is 18.6. The molecule has 0 bridgehead atoms. The van der Waals surface area contributed by atoms with Crippen molar-refractivity contribution in [2.45, 2.75) is 29.8 Å². The van der Waals surface area contributed by atoms with Crippen LogP contribution >= 0.6 is 36.6 Å². The summed E-state index contributed by atoms with van der Waals surface area (Å²) in [6, 6.07) is 8.26. The van der Waals surface area contributed by atoms with Crippen molar-refractivity contribution in [3.63, 3.8) is 0 Å². The van der Waals surface area contributed by atoms with Crippen LogP contribution in [0.1, 0.15) is 28.8 Å². The first-order valence-corrected chi connectivity index (χ1v) is 8.78. The number of halogens is 2. The Bertz CT molecular complexity index is 638. The molecule has 1 atom stereocenters. The second-order valence-electron chi connectivity index (χ2n) is 5.66. The molecule has 9 heteroatoms. The van der Waals surface area contributed by atoms with Crippen molar-refractivity contribution in [3.8, 4) is 0 Å². The van der Waals surface area contributed by atoms with Crippen molar-refractivity contribution in [2.75, 3.05) is 20.1 Å². The monoisotopic (exact) mass is 403 g/mol. The van der Waals surface area contributed by atoms with Crippen molar-refractivity contribution < 1.29 is 4.79 Å². The SMILES string of the molecule is CNC1CCCN(C(=O)c2ccc(CSc3ncn[nH]3)cc2)C1.Cl.Cl. The fourth-order valence-electron chi connectivity index (χ4n) is 2.74. The molecule has 1 amide bonds. The molecule has 2 N–H and O–H groups in total. The maximum absolute atomic E-state index is 12.6. The molecule has 0 radical (unpaired) electrons. The minimum atomic E-state index is 0. The minimum Gasteiger partial charge on any atom is -0.337 e. The number of carbonyl (C=O) groups excluding carboxylic acids is 1. The van der Waals surface area contributed by atoms with Gasteiger partial charge in [0, 0.05) is 30.4 Å². The standard InChI is InChI=1S/C16H21N5OS.2ClH/c1-17-14-3-2-8-21(9-14)15(22)13-6-4-12(5-7-13)10-23-16-18-11-19-20-16;;/h4-7,11,14,17H,2-3,8-10H2,1H3,(H,18,19,20);2*1H. The molecule has 1 saturated heterocycles. The Morgan fingerprint density at radius 3 is 2.76 bits per heavy atom. The lowest BCUT2D eigenvalue weighted by atomic mass is 10.0. The van der Waals surface area contributed by atoms with E-state index >= 15 is 0 Å². The fraction of sp³-hybridized carbons (Fsp3) is 0.438. The van der Waals surface area contributed by atoms with Gasteiger partial charge in [0.05, 0.1) is 0 Å². The Morgan fingerprint density at radius 2 is 2.12 bits per heavy atom. The highest BCUT2D eigenvalue weighted by molar-refractivity contribution is 7.98. The van der Waals surface area contributed by atoms with E-state index in [1.165, 1.54) is 6.33 Å². The molecule has 2 heterocycles. The van der Waals surface area contributed by atoms with Crippen LogP contribution in [0.4, 0.5) is 0 Å². The van der Waals surface area contributed by atoms with Crippen molar-refractivity contribution in [3.05, 3.63) is 41.7 Å². The van der Waals surface area contributed by atoms with E-state index in [0.717, 1.165) is 48.0 Å². The third-order valence-electron chi connectivity index (χ3n) is 4.09. The highest BCUT2D eigenvalue weighted by Gasteiger charge is 2.23. The molecule has 1 fully saturated rings. The number of carbonyl (C=O) groups is 1. The third kappa shape index (κ3) is 5.88. The summed E-state index contributed by atoms with van der Waals surface area (Å²) < 4.78 is 0. The van der Waals surface area contributed by atoms with Crippen LogP contribution in [0, 0.1) is 0 Å². The average Bonchev–Trinajstić information content (AvgIpc) is 3.13. The number of likely N-dealkylation sites (N-methyl/N-ethyl adjacent to an activating group) is 1. The van der Waals surface area contributed by atoms with Crippen LogP contribution in [0.5, 0.6) is 0 Å². The Balaban J connectivity index is 0.00000156. The number of H-pyrrole nitrogens is 1. The molecule has 2 aromatic rings. The molecule has 138 valence electrons. The highest BCUT2D eigenvalue weighted by atomic mass is 35.5. The number of thioether (sulfide) groups is 1. The van der Waals surface area contributed by atoms with Gasteiger partial charge in [0.1, 0.15) is 6.33 Å². The van der Waals surface area contributed by atoms with E-state index in [9.17, 15) is 4.79 Å². The van der Waals surface area contributed by atoms with Gasteiger partial charge in [-0.3, -0.25) is 9.89 Å². The van der Waals surface area contributed by atoms with E-state index in [-0.39, 0.29) is 30.7 Å². The number of rotatable bonds is 5. The van der Waals surface area contributed by atoms with Gasteiger partial charge in [-0.05, 0) is 37.6 Å². The van der Waals surface area contributed by atoms with Crippen LogP contribution in [0.25, 0.3) is 0 Å². The number of benzene rings is 1. The molecule has 0 spiro atoms. The smallest absolute Gasteiger partial charge is 0.253 e. The predicted molar refractivity (Wildman–Crippen MR) is 105 cm³/mol. The number of piperidine rings is 1. The maximum atomic E-state index is 12.6. The zero-order valence-corrected chi connectivity index (χ0v) is 16.4. The molecule has 1 aliphatic rings. The zero-order valence-electron chi connectivity index (χ0n) is 14.0. The maximum Gasteiger partial charge on any atom is 0.253 e. The summed E-state index contributed by atoms with van der Waals surface area (Å²) >= 11 is 1.59. The average molecular weight is 404 g/mol. The molecule has 0 aliphatic carbocycles. The van der Waals surface area contributed by atoms with Gasteiger partial charge in [-0.1, -0.05) is 23.9 Å². The molecule has 1 aliphatic heterocycles. The molecule has 3 rings (SSSR count). The van der Waals surface area contributed by atoms with Crippen LogP contribution in [0.15, 0.2) is 35.7 Å². The number of nitrogens with one attached hydrogen (secondary N) is 2. The molecule has 1 aromatic heterocycles. The van der Waals surface area contributed by atoms with Crippen molar-refractivity contribution in [1.29, 1.82) is 0 Å². The quantitative estimate of drug-likeness (QED) is 0.750. The first kappa shape index (κ1) is 21.8. The molecule has 0 saturated carbocycles. The van der Waals surface area contributed by atoms with E-state index in [1.807, 2.05) is 36.2 Å². The van der Waals surface area contributed by atoms with Crippen molar-refractivity contribution in [2.24, 2.45) is 0 Å². The second-order valence-corrected chi connectivity index (χ2v) is 6.62. The number of aromatic amines is 1. The number of nitrogens with zero attached hydrogens (tertiary/aromatic N) is 3. The number of hydrogen-bond donors (Lipinski definition) is 2. The van der Waals surface area contributed by atoms with Crippen molar-refractivity contribution >= 4 is 42.5 Å². The molecular formula is C16H23Cl2N5OS. The van der Waals surface area contributed by atoms with Crippen LogP contribution in [0.2, 0.25) is 0 Å². The Morgan fingerprint density at radius 1 is 1.36 bits per heavy atom. The van der Waals surface area contributed by atoms with Gasteiger partial charge < -0.3 is 10.2 Å². The van der Waals surface area contributed by atoms with Gasteiger partial charge in [0.15, 0.2) is 5.16 Å². The molecule has 6 nitrogen and oxygen atoms in total. The lowest BCUT2D eigenvalue weighted by molar-refractivity contribution is 0.0698. The van der Waals surface area contributed by atoms with Crippen molar-refractivity contribution in [1.82, 2.24) is 25.4 Å². The Kier molecular flexibility index (Phi) is 9.27. The van der Waals surface area contributed by atoms with E-state index in [1.54, 1.807) is 11.8 Å². The zero-order chi connectivity index (χ0) is 16.1. The molecule has 25 heavy (non-hydrogen) atoms. The lowest BCUT2D eigenvalue weighted by Gasteiger charge is -2.32. The van der Waals surface area contributed by atoms with E-state index in [4.69, 9.17) is 0 Å². The highest BCUT2D eigenvalue weighted by Crippen LogP contribution is 2.19. The summed E-state index contributed by atoms with van der Waals surface area (Å²) in [6.07, 6.45) is 3.70. The van der Waals surface area contributed by atoms with Gasteiger partial charge in [-0.15, -0.1) is 24.8 Å². The second kappa shape index (κ2) is 10.7. The normalized spacial score (nSPS) is 16.7. The van der Waals surface area contributed by atoms with Gasteiger partial charge in [0.25, 0.3) is 5.91 Å². The summed E-state index contributed by atoms with van der Waals surface area (Å²) in [7, 11) is 1.96. The fourth-order valence-corrected chi connectivity index (χ4v) is 3.47. The lowest BCUT2D eigenvalue weighted by Crippen LogP contribution is -2.46. The largest absolute Gasteiger partial charge is 0.337 e. The van der Waals surface area contributed by atoms with Crippen LogP contribution in [-0.4, -0.2) is 52.2 Å². The summed E-state index contributed by atoms with van der Waals surface area (Å²) in [6.45, 7) is 1.64. The van der Waals surface area contributed by atoms with Crippen LogP contribution in [-0.2, 0) is 5.75 Å². The summed E-state index contributed by atoms with van der Waals surface area (Å²) in [5, 5.41) is 10.7. The van der Waals surface area contributed by atoms with Crippen LogP contribution < -0.4 is 5.32 Å². The molecule has 1 unspecified atom stereocenters. The topological polar surface area (TPSA) is 73.9 Å². The van der Waals surface area contributed by atoms with E-state index < -0.39 is 0 Å². The third-order valence-corrected chi connectivity index (χ3v) is 5.03. The minimum absolute atomic E-state index is 0. The van der Waals surface area contributed by atoms with Crippen LogP contribution in [0.3, 0.4) is 0 Å². The Labute approximate surface area is 164 Å². The number of amides is 1. The van der Waals surface area contributed by atoms with Gasteiger partial charge >= 0.3 is 0 Å². The molecular weight excluding hydrogens is 381 g/mol. The number of likely N-dealkylation sites (tertiary alicyclic amines) is 1. The van der Waals surface area contributed by atoms with Gasteiger partial charge in [-0.2, -0.15) is 5.10 Å². The van der Waals surface area contributed by atoms with Gasteiger partial charge in [0.2, 0.25) is 0 Å². The van der Waals surface area contributed by atoms with Gasteiger partial charge in [-0.25, -0.2) is 4.98 Å². The van der Waals surface area contributed by atoms with E-state index in [2.05, 4.69) is 20.5 Å². The summed E-state index contributed by atoms with van der Waals surface area (Å²) in [5.74, 6) is 0.925. The number of hydrogen-bond acceptors (Lipinski definition) is 5. The molecule has 1 aromatic carbocycles. The predicted octanol–water partition coefficient (Wildman–Crippen LogP) is 2.76. The Hall–Kier alpha value is -1.28. The first-order chi connectivity index (χ1) is 11.3. The first-order valence-electron chi connectivity index (χ1n) is 7.80. The number of aromatic nitrogens is 3. The summed E-state index contributed by atoms with van der Waals surface area (Å²) in [5.41, 5.74) is 1.92. The van der Waals surface area contributed by atoms with E-state index in [0.29, 0.717) is 6.04 Å².